The van der Waals surface area contributed by atoms with E-state index < -0.39 is 34.9 Å². The summed E-state index contributed by atoms with van der Waals surface area (Å²) in [4.78, 5) is 39.7. The molecule has 1 aromatic heterocycles. The number of ketones is 1. The van der Waals surface area contributed by atoms with E-state index >= 15 is 0 Å². The Labute approximate surface area is 182 Å². The number of hydrogen-bond acceptors (Lipinski definition) is 7. The fraction of sp³-hybridized carbons (Fsp3) is 0.708. The summed E-state index contributed by atoms with van der Waals surface area (Å²) >= 11 is 0. The van der Waals surface area contributed by atoms with Crippen molar-refractivity contribution in [2.45, 2.75) is 65.1 Å². The average Bonchev–Trinajstić information content (AvgIpc) is 3.26. The van der Waals surface area contributed by atoms with E-state index in [1.807, 2.05) is 20.8 Å². The SMILES string of the molecule is CCCO[C@H]1C[C@@H](C(=O)OC)[C@]2(C)CC[C@H]3C(=O)O[C@H](c4ccoc4)C[C@]3(C)C2C1=O. The van der Waals surface area contributed by atoms with Gasteiger partial charge in [-0.1, -0.05) is 20.8 Å². The third-order valence-corrected chi connectivity index (χ3v) is 8.03. The number of Topliss-reactive ketones (excluding diaryl/α,β-unsaturated/α-hetero) is 1. The van der Waals surface area contributed by atoms with E-state index in [1.165, 1.54) is 7.11 Å². The minimum absolute atomic E-state index is 0.00365. The summed E-state index contributed by atoms with van der Waals surface area (Å²) < 4.78 is 22.0. The Hall–Kier alpha value is -2.15. The highest BCUT2D eigenvalue weighted by Crippen LogP contribution is 2.65. The minimum Gasteiger partial charge on any atom is -0.472 e. The van der Waals surface area contributed by atoms with Gasteiger partial charge in [-0.25, -0.2) is 0 Å². The van der Waals surface area contributed by atoms with E-state index in [4.69, 9.17) is 18.6 Å². The molecule has 0 amide bonds. The molecule has 4 rings (SSSR count). The van der Waals surface area contributed by atoms with Gasteiger partial charge in [0.15, 0.2) is 5.78 Å². The van der Waals surface area contributed by atoms with E-state index in [0.717, 1.165) is 12.0 Å². The van der Waals surface area contributed by atoms with Crippen LogP contribution < -0.4 is 0 Å². The Morgan fingerprint density at radius 3 is 2.68 bits per heavy atom. The van der Waals surface area contributed by atoms with E-state index in [0.29, 0.717) is 32.3 Å². The number of fused-ring (bicyclic) bond motifs is 3. The highest BCUT2D eigenvalue weighted by Gasteiger charge is 2.67. The smallest absolute Gasteiger partial charge is 0.310 e. The summed E-state index contributed by atoms with van der Waals surface area (Å²) in [5.41, 5.74) is -0.464. The van der Waals surface area contributed by atoms with E-state index in [9.17, 15) is 14.4 Å². The van der Waals surface area contributed by atoms with Crippen molar-refractivity contribution < 1.29 is 33.0 Å². The maximum Gasteiger partial charge on any atom is 0.310 e. The molecule has 7 atom stereocenters. The Morgan fingerprint density at radius 2 is 2.03 bits per heavy atom. The van der Waals surface area contributed by atoms with Crippen molar-refractivity contribution >= 4 is 17.7 Å². The largest absolute Gasteiger partial charge is 0.472 e. The fourth-order valence-electron chi connectivity index (χ4n) is 6.57. The molecule has 1 aromatic rings. The molecule has 7 nitrogen and oxygen atoms in total. The van der Waals surface area contributed by atoms with E-state index in [-0.39, 0.29) is 23.6 Å². The van der Waals surface area contributed by atoms with Crippen LogP contribution in [0.2, 0.25) is 0 Å². The lowest BCUT2D eigenvalue weighted by molar-refractivity contribution is -0.209. The molecule has 2 heterocycles. The predicted molar refractivity (Wildman–Crippen MR) is 110 cm³/mol. The van der Waals surface area contributed by atoms with Gasteiger partial charge in [0, 0.05) is 18.1 Å². The lowest BCUT2D eigenvalue weighted by atomic mass is 9.43. The normalized spacial score (nSPS) is 39.9. The molecule has 3 fully saturated rings. The Morgan fingerprint density at radius 1 is 1.26 bits per heavy atom. The number of rotatable bonds is 5. The number of hydrogen-bond donors (Lipinski definition) is 0. The molecule has 7 heteroatoms. The first-order valence-electron chi connectivity index (χ1n) is 11.2. The molecule has 2 saturated carbocycles. The van der Waals surface area contributed by atoms with Crippen LogP contribution in [0.25, 0.3) is 0 Å². The summed E-state index contributed by atoms with van der Waals surface area (Å²) in [7, 11) is 1.39. The average molecular weight is 433 g/mol. The first-order chi connectivity index (χ1) is 14.8. The molecule has 1 saturated heterocycles. The standard InChI is InChI=1S/C24H32O7/c1-5-9-30-17-11-16(21(26)28-4)23(2)8-6-15-22(27)31-18(14-7-10-29-13-14)12-24(15,3)20(23)19(17)25/h7,10,13,15-18,20H,5-6,8-9,11-12H2,1-4H3/t15-,16-,17-,18-,20?,23-,24-/m0/s1. The van der Waals surface area contributed by atoms with Crippen molar-refractivity contribution in [2.75, 3.05) is 13.7 Å². The lowest BCUT2D eigenvalue weighted by Gasteiger charge is -2.61. The molecule has 31 heavy (non-hydrogen) atoms. The predicted octanol–water partition coefficient (Wildman–Crippen LogP) is 3.86. The van der Waals surface area contributed by atoms with Crippen LogP contribution >= 0.6 is 0 Å². The van der Waals surface area contributed by atoms with Gasteiger partial charge in [0.05, 0.1) is 31.5 Å². The Bertz CT molecular complexity index is 846. The first kappa shape index (κ1) is 22.1. The minimum atomic E-state index is -0.664. The van der Waals surface area contributed by atoms with Gasteiger partial charge in [0.1, 0.15) is 12.2 Å². The molecular formula is C24H32O7. The Balaban J connectivity index is 1.77. The van der Waals surface area contributed by atoms with Crippen molar-refractivity contribution in [3.63, 3.8) is 0 Å². The van der Waals surface area contributed by atoms with Crippen LogP contribution in [-0.4, -0.2) is 37.5 Å². The van der Waals surface area contributed by atoms with Gasteiger partial charge in [-0.3, -0.25) is 14.4 Å². The molecule has 0 aromatic carbocycles. The summed E-state index contributed by atoms with van der Waals surface area (Å²) in [5.74, 6) is -1.92. The third kappa shape index (κ3) is 3.41. The van der Waals surface area contributed by atoms with Gasteiger partial charge >= 0.3 is 11.9 Å². The second-order valence-corrected chi connectivity index (χ2v) is 9.80. The zero-order valence-electron chi connectivity index (χ0n) is 18.7. The number of methoxy groups -OCH3 is 1. The molecule has 170 valence electrons. The summed E-state index contributed by atoms with van der Waals surface area (Å²) in [6.07, 6.45) is 4.78. The second kappa shape index (κ2) is 8.08. The highest BCUT2D eigenvalue weighted by atomic mass is 16.5. The van der Waals surface area contributed by atoms with Gasteiger partial charge in [-0.2, -0.15) is 0 Å². The fourth-order valence-corrected chi connectivity index (χ4v) is 6.57. The highest BCUT2D eigenvalue weighted by molar-refractivity contribution is 5.92. The van der Waals surface area contributed by atoms with Crippen molar-refractivity contribution in [3.05, 3.63) is 24.2 Å². The molecule has 1 aliphatic heterocycles. The number of ether oxygens (including phenoxy) is 3. The van der Waals surface area contributed by atoms with Crippen molar-refractivity contribution in [1.29, 1.82) is 0 Å². The van der Waals surface area contributed by atoms with Crippen LogP contribution in [0.15, 0.2) is 23.0 Å². The van der Waals surface area contributed by atoms with E-state index in [2.05, 4.69) is 0 Å². The van der Waals surface area contributed by atoms with Crippen molar-refractivity contribution in [3.8, 4) is 0 Å². The monoisotopic (exact) mass is 432 g/mol. The molecule has 0 spiro atoms. The van der Waals surface area contributed by atoms with E-state index in [1.54, 1.807) is 18.6 Å². The number of carbonyl (C=O) groups excluding carboxylic acids is 3. The zero-order chi connectivity index (χ0) is 22.4. The summed E-state index contributed by atoms with van der Waals surface area (Å²) in [6.45, 7) is 6.47. The number of cyclic esters (lactones) is 1. The van der Waals surface area contributed by atoms with Gasteiger partial charge in [0.2, 0.25) is 0 Å². The van der Waals surface area contributed by atoms with Gasteiger partial charge in [-0.05, 0) is 49.0 Å². The topological polar surface area (TPSA) is 92.0 Å². The molecule has 3 aliphatic rings. The third-order valence-electron chi connectivity index (χ3n) is 8.03. The van der Waals surface area contributed by atoms with Crippen LogP contribution in [0.5, 0.6) is 0 Å². The van der Waals surface area contributed by atoms with Gasteiger partial charge in [0.25, 0.3) is 0 Å². The molecule has 2 aliphatic carbocycles. The van der Waals surface area contributed by atoms with Crippen LogP contribution in [0.4, 0.5) is 0 Å². The molecule has 1 unspecified atom stereocenters. The molecule has 0 N–H and O–H groups in total. The van der Waals surface area contributed by atoms with Gasteiger partial charge in [-0.15, -0.1) is 0 Å². The maximum atomic E-state index is 13.8. The number of carbonyl (C=O) groups is 3. The molecule has 0 radical (unpaired) electrons. The molecule has 0 bridgehead atoms. The zero-order valence-corrected chi connectivity index (χ0v) is 18.7. The summed E-state index contributed by atoms with van der Waals surface area (Å²) in [6, 6.07) is 1.79. The van der Waals surface area contributed by atoms with Crippen molar-refractivity contribution in [1.82, 2.24) is 0 Å². The van der Waals surface area contributed by atoms with Crippen LogP contribution in [0.3, 0.4) is 0 Å². The van der Waals surface area contributed by atoms with Crippen LogP contribution in [0, 0.1) is 28.6 Å². The first-order valence-corrected chi connectivity index (χ1v) is 11.2. The number of esters is 2. The van der Waals surface area contributed by atoms with Gasteiger partial charge < -0.3 is 18.6 Å². The lowest BCUT2D eigenvalue weighted by Crippen LogP contribution is -2.64. The van der Waals surface area contributed by atoms with Crippen LogP contribution in [-0.2, 0) is 28.6 Å². The quantitative estimate of drug-likeness (QED) is 0.652. The van der Waals surface area contributed by atoms with Crippen LogP contribution in [0.1, 0.15) is 64.5 Å². The van der Waals surface area contributed by atoms with Crippen molar-refractivity contribution in [2.24, 2.45) is 28.6 Å². The second-order valence-electron chi connectivity index (χ2n) is 9.80. The Kier molecular flexibility index (Phi) is 5.75. The number of furan rings is 1. The summed E-state index contributed by atoms with van der Waals surface area (Å²) in [5, 5.41) is 0. The molecular weight excluding hydrogens is 400 g/mol. The maximum absolute atomic E-state index is 13.8.